The third-order valence-electron chi connectivity index (χ3n) is 6.96. The lowest BCUT2D eigenvalue weighted by molar-refractivity contribution is -0.137. The van der Waals surface area contributed by atoms with E-state index >= 15 is 0 Å². The molecule has 0 unspecified atom stereocenters. The fourth-order valence-electron chi connectivity index (χ4n) is 4.72. The molecular formula is C34H22Cl2F3N3O2. The molecule has 2 aromatic heterocycles. The van der Waals surface area contributed by atoms with Gasteiger partial charge in [-0.25, -0.2) is 4.98 Å². The van der Waals surface area contributed by atoms with Crippen LogP contribution in [-0.4, -0.2) is 19.8 Å². The van der Waals surface area contributed by atoms with E-state index in [1.165, 1.54) is 12.1 Å². The lowest BCUT2D eigenvalue weighted by atomic mass is 10.0. The summed E-state index contributed by atoms with van der Waals surface area (Å²) in [6.07, 6.45) is 1.27. The zero-order valence-electron chi connectivity index (χ0n) is 22.8. The van der Waals surface area contributed by atoms with Gasteiger partial charge in [-0.3, -0.25) is 0 Å². The molecule has 1 N–H and O–H groups in total. The van der Waals surface area contributed by atoms with E-state index in [1.54, 1.807) is 30.3 Å². The SMILES string of the molecule is Oc1cc(-c2ccc(Cn3cc(-c4ccc(Cl)cc4Cl)nc3/C=C/c3ccc(-c4cccc(C(F)(F)F)c4)cc3)cc2)on1. The number of rotatable bonds is 7. The fraction of sp³-hybridized carbons (Fsp3) is 0.0588. The Morgan fingerprint density at radius 3 is 2.25 bits per heavy atom. The summed E-state index contributed by atoms with van der Waals surface area (Å²) in [6, 6.07) is 26.9. The summed E-state index contributed by atoms with van der Waals surface area (Å²) in [5, 5.41) is 14.0. The number of aromatic nitrogens is 3. The molecule has 0 aliphatic rings. The van der Waals surface area contributed by atoms with Crippen molar-refractivity contribution in [1.29, 1.82) is 0 Å². The van der Waals surface area contributed by atoms with Crippen LogP contribution in [0.4, 0.5) is 13.2 Å². The maximum atomic E-state index is 13.2. The quantitative estimate of drug-likeness (QED) is 0.190. The lowest BCUT2D eigenvalue weighted by Gasteiger charge is -2.09. The minimum atomic E-state index is -4.40. The number of nitrogens with zero attached hydrogens (tertiary/aromatic N) is 3. The molecule has 4 aromatic carbocycles. The van der Waals surface area contributed by atoms with Crippen molar-refractivity contribution in [2.24, 2.45) is 0 Å². The zero-order chi connectivity index (χ0) is 30.8. The Bertz CT molecular complexity index is 1960. The van der Waals surface area contributed by atoms with E-state index in [9.17, 15) is 18.3 Å². The predicted molar refractivity (Wildman–Crippen MR) is 166 cm³/mol. The number of alkyl halides is 3. The number of halogens is 5. The van der Waals surface area contributed by atoms with Gasteiger partial charge < -0.3 is 14.2 Å². The third-order valence-corrected chi connectivity index (χ3v) is 7.51. The Morgan fingerprint density at radius 2 is 1.57 bits per heavy atom. The van der Waals surface area contributed by atoms with Crippen molar-refractivity contribution in [2.75, 3.05) is 0 Å². The number of hydrogen-bond donors (Lipinski definition) is 1. The Balaban J connectivity index is 1.28. The second kappa shape index (κ2) is 12.1. The summed E-state index contributed by atoms with van der Waals surface area (Å²) in [5.74, 6) is 0.939. The van der Waals surface area contributed by atoms with Gasteiger partial charge in [0.05, 0.1) is 16.3 Å². The van der Waals surface area contributed by atoms with Crippen LogP contribution in [0.5, 0.6) is 5.88 Å². The Labute approximate surface area is 260 Å². The molecule has 0 saturated heterocycles. The van der Waals surface area contributed by atoms with Gasteiger partial charge in [0.15, 0.2) is 5.76 Å². The van der Waals surface area contributed by atoms with Crippen LogP contribution < -0.4 is 0 Å². The van der Waals surface area contributed by atoms with Crippen LogP contribution in [0, 0.1) is 0 Å². The maximum absolute atomic E-state index is 13.2. The highest BCUT2D eigenvalue weighted by Crippen LogP contribution is 2.33. The van der Waals surface area contributed by atoms with E-state index in [0.29, 0.717) is 45.0 Å². The summed E-state index contributed by atoms with van der Waals surface area (Å²) < 4.78 is 46.6. The van der Waals surface area contributed by atoms with Gasteiger partial charge in [0.2, 0.25) is 0 Å². The molecule has 2 heterocycles. The molecule has 0 saturated carbocycles. The van der Waals surface area contributed by atoms with Gasteiger partial charge in [-0.2, -0.15) is 13.2 Å². The molecule has 5 nitrogen and oxygen atoms in total. The first kappa shape index (κ1) is 29.3. The van der Waals surface area contributed by atoms with Crippen molar-refractivity contribution in [2.45, 2.75) is 12.7 Å². The first-order valence-corrected chi connectivity index (χ1v) is 14.1. The zero-order valence-corrected chi connectivity index (χ0v) is 24.3. The fourth-order valence-corrected chi connectivity index (χ4v) is 5.23. The van der Waals surface area contributed by atoms with Gasteiger partial charge >= 0.3 is 6.18 Å². The minimum Gasteiger partial charge on any atom is -0.491 e. The summed E-state index contributed by atoms with van der Waals surface area (Å²) in [7, 11) is 0. The van der Waals surface area contributed by atoms with E-state index in [0.717, 1.165) is 34.4 Å². The van der Waals surface area contributed by atoms with Crippen LogP contribution in [0.3, 0.4) is 0 Å². The molecule has 6 aromatic rings. The largest absolute Gasteiger partial charge is 0.491 e. The van der Waals surface area contributed by atoms with Crippen LogP contribution >= 0.6 is 23.2 Å². The van der Waals surface area contributed by atoms with Crippen molar-refractivity contribution in [3.63, 3.8) is 0 Å². The molecule has 0 radical (unpaired) electrons. The van der Waals surface area contributed by atoms with Crippen molar-refractivity contribution in [3.8, 4) is 39.6 Å². The van der Waals surface area contributed by atoms with Crippen molar-refractivity contribution < 1.29 is 22.8 Å². The van der Waals surface area contributed by atoms with E-state index in [-0.39, 0.29) is 5.88 Å². The van der Waals surface area contributed by atoms with Gasteiger partial charge in [-0.05, 0) is 63.8 Å². The third kappa shape index (κ3) is 6.56. The smallest absolute Gasteiger partial charge is 0.416 e. The van der Waals surface area contributed by atoms with E-state index < -0.39 is 11.7 Å². The number of hydrogen-bond acceptors (Lipinski definition) is 4. The molecule has 44 heavy (non-hydrogen) atoms. The first-order valence-electron chi connectivity index (χ1n) is 13.4. The molecule has 6 rings (SSSR count). The number of benzene rings is 4. The van der Waals surface area contributed by atoms with Gasteiger partial charge in [-0.15, -0.1) is 0 Å². The molecule has 0 spiro atoms. The van der Waals surface area contributed by atoms with Crippen LogP contribution in [0.1, 0.15) is 22.5 Å². The Morgan fingerprint density at radius 1 is 0.818 bits per heavy atom. The Kier molecular flexibility index (Phi) is 8.03. The molecule has 0 aliphatic carbocycles. The van der Waals surface area contributed by atoms with Crippen LogP contribution in [0.2, 0.25) is 10.0 Å². The van der Waals surface area contributed by atoms with E-state index in [4.69, 9.17) is 32.7 Å². The molecule has 10 heteroatoms. The highest BCUT2D eigenvalue weighted by atomic mass is 35.5. The average Bonchev–Trinajstić information content (AvgIpc) is 3.62. The maximum Gasteiger partial charge on any atom is 0.416 e. The summed E-state index contributed by atoms with van der Waals surface area (Å²) >= 11 is 12.6. The summed E-state index contributed by atoms with van der Waals surface area (Å²) in [6.45, 7) is 0.494. The molecule has 0 amide bonds. The van der Waals surface area contributed by atoms with Crippen LogP contribution in [-0.2, 0) is 12.7 Å². The number of aromatic hydroxyl groups is 1. The van der Waals surface area contributed by atoms with Crippen molar-refractivity contribution >= 4 is 35.4 Å². The van der Waals surface area contributed by atoms with Gasteiger partial charge in [0, 0.05) is 35.0 Å². The lowest BCUT2D eigenvalue weighted by Crippen LogP contribution is -2.04. The summed E-state index contributed by atoms with van der Waals surface area (Å²) in [4.78, 5) is 4.84. The van der Waals surface area contributed by atoms with Gasteiger partial charge in [0.25, 0.3) is 5.88 Å². The van der Waals surface area contributed by atoms with E-state index in [1.807, 2.05) is 65.4 Å². The topological polar surface area (TPSA) is 64.1 Å². The normalized spacial score (nSPS) is 11.8. The van der Waals surface area contributed by atoms with Crippen molar-refractivity contribution in [1.82, 2.24) is 14.7 Å². The molecule has 0 aliphatic heterocycles. The monoisotopic (exact) mass is 631 g/mol. The van der Waals surface area contributed by atoms with Gasteiger partial charge in [-0.1, -0.05) is 89.9 Å². The van der Waals surface area contributed by atoms with E-state index in [2.05, 4.69) is 5.16 Å². The predicted octanol–water partition coefficient (Wildman–Crippen LogP) is 10.1. The second-order valence-corrected chi connectivity index (χ2v) is 10.9. The molecule has 220 valence electrons. The highest BCUT2D eigenvalue weighted by molar-refractivity contribution is 6.36. The molecular weight excluding hydrogens is 610 g/mol. The summed E-state index contributed by atoms with van der Waals surface area (Å²) in [5.41, 5.74) is 4.49. The standard InChI is InChI=1S/C34H22Cl2F3N3O2/c35-27-13-14-28(29(36)17-27)30-20-42(19-22-6-11-24(12-7-22)31-18-33(43)41-44-31)32(40-30)15-8-21-4-9-23(10-5-21)25-2-1-3-26(16-25)34(37,38)39/h1-18,20H,19H2,(H,41,43)/b15-8+. The molecule has 0 bridgehead atoms. The number of imidazole rings is 1. The second-order valence-electron chi connectivity index (χ2n) is 10.0. The minimum absolute atomic E-state index is 0.183. The van der Waals surface area contributed by atoms with Gasteiger partial charge in [0.1, 0.15) is 5.82 Å². The highest BCUT2D eigenvalue weighted by Gasteiger charge is 2.30. The van der Waals surface area contributed by atoms with Crippen LogP contribution in [0.25, 0.3) is 45.9 Å². The first-order chi connectivity index (χ1) is 21.1. The van der Waals surface area contributed by atoms with Crippen LogP contribution in [0.15, 0.2) is 108 Å². The molecule has 0 fully saturated rings. The van der Waals surface area contributed by atoms with Crippen molar-refractivity contribution in [3.05, 3.63) is 136 Å². The Hall–Kier alpha value is -4.79. The molecule has 0 atom stereocenters. The average molecular weight is 632 g/mol.